The molecule has 1 saturated carbocycles. The normalized spacial score (nSPS) is 18.8. The van der Waals surface area contributed by atoms with Gasteiger partial charge in [0.1, 0.15) is 35.5 Å². The van der Waals surface area contributed by atoms with Crippen molar-refractivity contribution in [2.75, 3.05) is 21.2 Å². The molecule has 6 saturated heterocycles. The van der Waals surface area contributed by atoms with E-state index in [0.717, 1.165) is 62.2 Å². The van der Waals surface area contributed by atoms with Crippen molar-refractivity contribution < 1.29 is 86.3 Å². The number of likely N-dealkylation sites (N-methyl/N-ethyl adjacent to an activating group) is 1. The van der Waals surface area contributed by atoms with Gasteiger partial charge in [-0.1, -0.05) is 286 Å². The van der Waals surface area contributed by atoms with Gasteiger partial charge in [0.15, 0.2) is 0 Å². The van der Waals surface area contributed by atoms with Gasteiger partial charge in [-0.05, 0) is 95.1 Å². The molecule has 17 rings (SSSR count). The number of anilines is 3. The maximum Gasteiger partial charge on any atom is 0.342 e. The summed E-state index contributed by atoms with van der Waals surface area (Å²) in [5.41, 5.74) is 5.63. The van der Waals surface area contributed by atoms with Crippen LogP contribution >= 0.6 is 0 Å². The monoisotopic (exact) mass is 1650 g/mol. The number of carbonyl (C=O) groups is 18. The summed E-state index contributed by atoms with van der Waals surface area (Å²) in [5, 5.41) is 13.1. The molecule has 30 nitrogen and oxygen atoms in total. The van der Waals surface area contributed by atoms with E-state index in [1.165, 1.54) is 4.90 Å². The highest BCUT2D eigenvalue weighted by molar-refractivity contribution is 6.38. The lowest BCUT2D eigenvalue weighted by Crippen LogP contribution is -2.60. The van der Waals surface area contributed by atoms with Crippen molar-refractivity contribution in [1.29, 1.82) is 0 Å². The highest BCUT2D eigenvalue weighted by Crippen LogP contribution is 2.36. The first-order valence-electron chi connectivity index (χ1n) is 39.1. The summed E-state index contributed by atoms with van der Waals surface area (Å²) in [6, 6.07) is 83.3. The van der Waals surface area contributed by atoms with Gasteiger partial charge < -0.3 is 0 Å². The van der Waals surface area contributed by atoms with E-state index < -0.39 is 137 Å². The molecule has 30 heteroatoms. The average molecular weight is 1650 g/mol. The van der Waals surface area contributed by atoms with Crippen LogP contribution in [-0.4, -0.2) is 134 Å². The zero-order chi connectivity index (χ0) is 87.2. The quantitative estimate of drug-likeness (QED) is 0.0584. The van der Waals surface area contributed by atoms with E-state index >= 15 is 0 Å². The molecule has 4 atom stereocenters. The van der Waals surface area contributed by atoms with E-state index in [2.05, 4.69) is 21.3 Å². The van der Waals surface area contributed by atoms with Crippen LogP contribution in [0.2, 0.25) is 0 Å². The number of urea groups is 6. The van der Waals surface area contributed by atoms with Gasteiger partial charge in [-0.15, -0.1) is 0 Å². The van der Waals surface area contributed by atoms with Crippen molar-refractivity contribution in [2.24, 2.45) is 0 Å². The Morgan fingerprint density at radius 3 is 0.886 bits per heavy atom. The Bertz CT molecular complexity index is 5400. The molecule has 0 spiro atoms. The molecular formula is C93H80N12O18. The van der Waals surface area contributed by atoms with Gasteiger partial charge in [0, 0.05) is 12.6 Å². The number of carbonyl (C=O) groups excluding carboxylic acids is 18. The lowest BCUT2D eigenvalue weighted by Gasteiger charge is -2.37. The molecule has 4 unspecified atom stereocenters. The van der Waals surface area contributed by atoms with Gasteiger partial charge in [-0.2, -0.15) is 0 Å². The van der Waals surface area contributed by atoms with Crippen LogP contribution in [0, 0.1) is 0 Å². The molecule has 10 aromatic carbocycles. The Labute approximate surface area is 704 Å². The van der Waals surface area contributed by atoms with Gasteiger partial charge in [0.05, 0.1) is 23.6 Å². The van der Waals surface area contributed by atoms with E-state index in [4.69, 9.17) is 0 Å². The maximum absolute atomic E-state index is 13.2. The molecule has 620 valence electrons. The summed E-state index contributed by atoms with van der Waals surface area (Å²) in [5.74, 6) is -12.3. The summed E-state index contributed by atoms with van der Waals surface area (Å²) >= 11 is 0. The molecule has 0 bridgehead atoms. The second-order valence-electron chi connectivity index (χ2n) is 28.4. The number of hydrogen-bond acceptors (Lipinski definition) is 18. The first-order valence-corrected chi connectivity index (χ1v) is 39.1. The number of para-hydroxylation sites is 3. The minimum Gasteiger partial charge on any atom is -0.277 e. The van der Waals surface area contributed by atoms with Crippen molar-refractivity contribution >= 4 is 124 Å². The number of nitrogens with zero attached hydrogens (tertiary/aromatic N) is 6. The molecule has 1 aliphatic carbocycles. The average Bonchev–Trinajstić information content (AvgIpc) is 0.735. The zero-order valence-corrected chi connectivity index (χ0v) is 65.9. The molecule has 6 N–H and O–H groups in total. The Balaban J connectivity index is 0.000000136. The van der Waals surface area contributed by atoms with Gasteiger partial charge >= 0.3 is 36.2 Å². The fraction of sp³-hybridized carbons (Fsp3) is 0.161. The number of imide groups is 12. The van der Waals surface area contributed by atoms with E-state index in [1.807, 2.05) is 59.2 Å². The van der Waals surface area contributed by atoms with Crippen molar-refractivity contribution in [3.63, 3.8) is 0 Å². The number of barbiturate groups is 6. The highest BCUT2D eigenvalue weighted by atomic mass is 16.2. The third-order valence-corrected chi connectivity index (χ3v) is 20.5. The Hall–Kier alpha value is -16.1. The van der Waals surface area contributed by atoms with E-state index in [1.54, 1.807) is 262 Å². The molecular weight excluding hydrogens is 1570 g/mol. The third kappa shape index (κ3) is 20.2. The molecule has 7 fully saturated rings. The molecule has 24 amide bonds. The van der Waals surface area contributed by atoms with E-state index in [0.29, 0.717) is 50.4 Å². The van der Waals surface area contributed by atoms with E-state index in [9.17, 15) is 86.3 Å². The second-order valence-corrected chi connectivity index (χ2v) is 28.4. The van der Waals surface area contributed by atoms with Gasteiger partial charge in [0.25, 0.3) is 17.7 Å². The lowest BCUT2D eigenvalue weighted by atomic mass is 9.90. The molecule has 6 aliphatic heterocycles. The number of amides is 24. The minimum absolute atomic E-state index is 0.0782. The first-order chi connectivity index (χ1) is 59.5. The SMILES string of the molecule is CCN1C(=O)NC(=O)C(c2ccccc2)C1=O.O=C1C(c2ccccc2)C(=O)N(c2ccccc2)C(=O)N1c1ccccc1.O=C1NC(=O)C(c2ccccc2)C(=O)N1.O=C1NC(=O)N(C2CCCCC2)C(=O)C1c1ccccc1.O=C1NC(=O)N(Cc2ccccc2)C(=O)C1c1ccccc1.O=C1NC(=O)N(c2ccccc2)C(=O)C1c1ccccc1. The number of rotatable bonds is 13. The highest BCUT2D eigenvalue weighted by Gasteiger charge is 2.50. The summed E-state index contributed by atoms with van der Waals surface area (Å²) in [7, 11) is 0. The van der Waals surface area contributed by atoms with Crippen molar-refractivity contribution in [3.8, 4) is 0 Å². The van der Waals surface area contributed by atoms with Crippen LogP contribution in [0.1, 0.15) is 113 Å². The maximum atomic E-state index is 13.2. The van der Waals surface area contributed by atoms with Crippen LogP contribution < -0.4 is 46.6 Å². The number of benzene rings is 10. The number of hydrogen-bond donors (Lipinski definition) is 6. The number of nitrogens with one attached hydrogen (secondary N) is 6. The minimum atomic E-state index is -1.08. The van der Waals surface area contributed by atoms with Crippen LogP contribution in [0.4, 0.5) is 45.8 Å². The fourth-order valence-corrected chi connectivity index (χ4v) is 14.5. The van der Waals surface area contributed by atoms with Crippen molar-refractivity contribution in [1.82, 2.24) is 46.6 Å². The topological polar surface area (TPSA) is 399 Å². The summed E-state index contributed by atoms with van der Waals surface area (Å²) in [6.07, 6.45) is 4.84. The van der Waals surface area contributed by atoms with Gasteiger partial charge in [0.2, 0.25) is 53.2 Å². The molecule has 7 aliphatic rings. The van der Waals surface area contributed by atoms with Crippen LogP contribution in [0.3, 0.4) is 0 Å². The molecule has 0 radical (unpaired) electrons. The van der Waals surface area contributed by atoms with Crippen molar-refractivity contribution in [2.45, 2.75) is 87.1 Å². The third-order valence-electron chi connectivity index (χ3n) is 20.5. The summed E-state index contributed by atoms with van der Waals surface area (Å²) in [4.78, 5) is 225. The molecule has 10 aromatic rings. The van der Waals surface area contributed by atoms with Crippen LogP contribution in [-0.2, 0) is 64.1 Å². The van der Waals surface area contributed by atoms with Crippen LogP contribution in [0.15, 0.2) is 303 Å². The zero-order valence-electron chi connectivity index (χ0n) is 65.9. The Morgan fingerprint density at radius 1 is 0.252 bits per heavy atom. The van der Waals surface area contributed by atoms with Crippen LogP contribution in [0.5, 0.6) is 0 Å². The van der Waals surface area contributed by atoms with Crippen LogP contribution in [0.25, 0.3) is 0 Å². The fourth-order valence-electron chi connectivity index (χ4n) is 14.5. The van der Waals surface area contributed by atoms with Gasteiger partial charge in [-0.25, -0.2) is 43.5 Å². The Morgan fingerprint density at radius 2 is 0.520 bits per heavy atom. The van der Waals surface area contributed by atoms with Crippen molar-refractivity contribution in [3.05, 3.63) is 342 Å². The predicted molar refractivity (Wildman–Crippen MR) is 446 cm³/mol. The summed E-state index contributed by atoms with van der Waals surface area (Å²) in [6.45, 7) is 2.08. The Kier molecular flexibility index (Phi) is 28.3. The predicted octanol–water partition coefficient (Wildman–Crippen LogP) is 11.3. The molecule has 6 heterocycles. The molecule has 0 aromatic heterocycles. The first kappa shape index (κ1) is 86.2. The molecule has 123 heavy (non-hydrogen) atoms. The standard InChI is InChI=1S/C22H16N2O3.C17H14N2O3.C16H18N2O3.C16H12N2O3.C12H12N2O3.C10H8N2O3/c25-20-19(16-10-4-1-5-11-16)21(26)24(18-14-8-3-9-15-18)22(27)23(20)17-12-6-2-7-13-17;20-15-14(13-9-5-2-6-10-13)16(21)19(17(22)18-15)11-12-7-3-1-4-8-12;2*19-14-13(11-7-3-1-4-8-11)15(20)18(16(21)17-14)12-9-5-2-6-10-12;1-2-14-11(16)9(10(15)13-12(14)17)8-6-4-3-5-7-8;13-8-7(6-4-2-1-3-5-6)9(14)12-10(15)11-8/h1-15,19H;1-10,14H,11H2,(H,18,20,22);1,3-4,7-8,12-13H,2,5-6,9-10H2,(H,17,19,21);1-10,13H,(H,17,19,21);3-7,9H,2H2,1H3,(H,13,15,17);1-5,7H,(H2,11,12,13,14,15). The largest absolute Gasteiger partial charge is 0.342 e. The van der Waals surface area contributed by atoms with Gasteiger partial charge in [-0.3, -0.25) is 104 Å². The second kappa shape index (κ2) is 40.3. The smallest absolute Gasteiger partial charge is 0.277 e. The lowest BCUT2D eigenvalue weighted by molar-refractivity contribution is -0.142. The summed E-state index contributed by atoms with van der Waals surface area (Å²) < 4.78 is 0. The van der Waals surface area contributed by atoms with E-state index in [-0.39, 0.29) is 25.0 Å².